The van der Waals surface area contributed by atoms with Crippen LogP contribution in [0.5, 0.6) is 0 Å². The van der Waals surface area contributed by atoms with Crippen LogP contribution in [0.2, 0.25) is 0 Å². The molecule has 0 bridgehead atoms. The van der Waals surface area contributed by atoms with Crippen LogP contribution in [0.3, 0.4) is 0 Å². The highest BCUT2D eigenvalue weighted by Crippen LogP contribution is 2.36. The molecule has 0 heterocycles. The highest BCUT2D eigenvalue weighted by molar-refractivity contribution is 5.87. The minimum Gasteiger partial charge on any atom is -0.299 e. The van der Waals surface area contributed by atoms with Gasteiger partial charge in [-0.05, 0) is 18.6 Å². The molecule has 0 N–H and O–H groups in total. The molecule has 0 saturated heterocycles. The largest absolute Gasteiger partial charge is 0.419 e. The Balaban J connectivity index is 2.60. The van der Waals surface area contributed by atoms with Crippen LogP contribution in [0, 0.1) is 5.82 Å². The molecule has 0 amide bonds. The van der Waals surface area contributed by atoms with Crippen molar-refractivity contribution in [2.75, 3.05) is 0 Å². The van der Waals surface area contributed by atoms with Crippen molar-refractivity contribution in [3.8, 4) is 0 Å². The van der Waals surface area contributed by atoms with Crippen molar-refractivity contribution in [2.24, 2.45) is 0 Å². The van der Waals surface area contributed by atoms with E-state index in [1.54, 1.807) is 30.3 Å². The van der Waals surface area contributed by atoms with Gasteiger partial charge in [0.15, 0.2) is 0 Å². The number of rotatable bonds is 3. The summed E-state index contributed by atoms with van der Waals surface area (Å²) in [5.41, 5.74) is -1.16. The average Bonchev–Trinajstić information content (AvgIpc) is 2.40. The number of halogens is 4. The van der Waals surface area contributed by atoms with E-state index in [9.17, 15) is 22.4 Å². The number of hydrogen-bond acceptors (Lipinski definition) is 1. The lowest BCUT2D eigenvalue weighted by molar-refractivity contribution is -0.140. The van der Waals surface area contributed by atoms with Crippen molar-refractivity contribution in [2.45, 2.75) is 19.0 Å². The van der Waals surface area contributed by atoms with Crippen LogP contribution in [0.15, 0.2) is 48.5 Å². The molecule has 2 rings (SSSR count). The fourth-order valence-corrected chi connectivity index (χ4v) is 2.27. The predicted molar refractivity (Wildman–Crippen MR) is 70.4 cm³/mol. The van der Waals surface area contributed by atoms with E-state index < -0.39 is 29.3 Å². The summed E-state index contributed by atoms with van der Waals surface area (Å²) in [5, 5.41) is 0. The molecular weight excluding hydrogens is 284 g/mol. The van der Waals surface area contributed by atoms with Crippen molar-refractivity contribution >= 4 is 5.78 Å². The third-order valence-electron chi connectivity index (χ3n) is 3.18. The van der Waals surface area contributed by atoms with Crippen LogP contribution in [-0.4, -0.2) is 5.78 Å². The van der Waals surface area contributed by atoms with Gasteiger partial charge in [-0.3, -0.25) is 4.79 Å². The van der Waals surface area contributed by atoms with E-state index in [1.807, 2.05) is 0 Å². The predicted octanol–water partition coefficient (Wildman–Crippen LogP) is 4.57. The first-order valence-electron chi connectivity index (χ1n) is 6.23. The zero-order valence-corrected chi connectivity index (χ0v) is 11.1. The third-order valence-corrected chi connectivity index (χ3v) is 3.18. The summed E-state index contributed by atoms with van der Waals surface area (Å²) in [6, 6.07) is 11.2. The van der Waals surface area contributed by atoms with Crippen molar-refractivity contribution in [3.63, 3.8) is 0 Å². The van der Waals surface area contributed by atoms with E-state index in [2.05, 4.69) is 0 Å². The fourth-order valence-electron chi connectivity index (χ4n) is 2.27. The molecule has 5 heteroatoms. The summed E-state index contributed by atoms with van der Waals surface area (Å²) >= 11 is 0. The number of benzene rings is 2. The monoisotopic (exact) mass is 296 g/mol. The fraction of sp³-hybridized carbons (Fsp3) is 0.188. The van der Waals surface area contributed by atoms with Gasteiger partial charge in [0.25, 0.3) is 0 Å². The Kier molecular flexibility index (Phi) is 4.11. The Hall–Kier alpha value is -2.17. The van der Waals surface area contributed by atoms with Gasteiger partial charge >= 0.3 is 6.18 Å². The van der Waals surface area contributed by atoms with Crippen molar-refractivity contribution in [3.05, 3.63) is 71.0 Å². The highest BCUT2D eigenvalue weighted by atomic mass is 19.4. The van der Waals surface area contributed by atoms with Gasteiger partial charge in [-0.15, -0.1) is 0 Å². The number of Topliss-reactive ketones (excluding diaryl/α,β-unsaturated/α-hetero) is 1. The normalized spacial score (nSPS) is 13.0. The summed E-state index contributed by atoms with van der Waals surface area (Å²) in [4.78, 5) is 11.8. The summed E-state index contributed by atoms with van der Waals surface area (Å²) in [5.74, 6) is -2.86. The lowest BCUT2D eigenvalue weighted by Gasteiger charge is -2.18. The minimum atomic E-state index is -4.79. The minimum absolute atomic E-state index is 0.261. The Morgan fingerprint density at radius 1 is 1.00 bits per heavy atom. The molecule has 0 aromatic heterocycles. The molecule has 0 saturated carbocycles. The molecule has 21 heavy (non-hydrogen) atoms. The Morgan fingerprint density at radius 2 is 1.62 bits per heavy atom. The van der Waals surface area contributed by atoms with Crippen LogP contribution in [0.1, 0.15) is 29.5 Å². The van der Waals surface area contributed by atoms with Gasteiger partial charge in [-0.2, -0.15) is 13.2 Å². The molecule has 0 radical (unpaired) electrons. The van der Waals surface area contributed by atoms with E-state index in [0.29, 0.717) is 11.6 Å². The maximum Gasteiger partial charge on any atom is 0.419 e. The second-order valence-corrected chi connectivity index (χ2v) is 4.66. The smallest absolute Gasteiger partial charge is 0.299 e. The molecule has 0 aliphatic rings. The van der Waals surface area contributed by atoms with Gasteiger partial charge in [0.2, 0.25) is 0 Å². The summed E-state index contributed by atoms with van der Waals surface area (Å²) in [7, 11) is 0. The summed E-state index contributed by atoms with van der Waals surface area (Å²) in [6.07, 6.45) is -4.79. The number of carbonyl (C=O) groups is 1. The maximum absolute atomic E-state index is 14.2. The molecule has 1 atom stereocenters. The van der Waals surface area contributed by atoms with Gasteiger partial charge in [-0.1, -0.05) is 42.5 Å². The first kappa shape index (κ1) is 15.2. The molecule has 0 aliphatic heterocycles. The lowest BCUT2D eigenvalue weighted by atomic mass is 9.87. The van der Waals surface area contributed by atoms with Crippen LogP contribution in [-0.2, 0) is 11.0 Å². The Morgan fingerprint density at radius 3 is 2.14 bits per heavy atom. The van der Waals surface area contributed by atoms with Gasteiger partial charge in [0.1, 0.15) is 11.6 Å². The molecule has 0 spiro atoms. The van der Waals surface area contributed by atoms with Crippen molar-refractivity contribution in [1.29, 1.82) is 0 Å². The van der Waals surface area contributed by atoms with Gasteiger partial charge in [0.05, 0.1) is 11.5 Å². The summed E-state index contributed by atoms with van der Waals surface area (Å²) in [6.45, 7) is 1.23. The van der Waals surface area contributed by atoms with E-state index >= 15 is 0 Å². The van der Waals surface area contributed by atoms with E-state index in [0.717, 1.165) is 6.07 Å². The van der Waals surface area contributed by atoms with Crippen LogP contribution < -0.4 is 0 Å². The molecular formula is C16H12F4O. The number of ketones is 1. The van der Waals surface area contributed by atoms with Gasteiger partial charge in [0, 0.05) is 5.56 Å². The van der Waals surface area contributed by atoms with E-state index in [1.165, 1.54) is 13.0 Å². The van der Waals surface area contributed by atoms with E-state index in [-0.39, 0.29) is 5.56 Å². The number of hydrogen-bond donors (Lipinski definition) is 0. The van der Waals surface area contributed by atoms with Crippen LogP contribution in [0.4, 0.5) is 17.6 Å². The second-order valence-electron chi connectivity index (χ2n) is 4.66. The van der Waals surface area contributed by atoms with Crippen LogP contribution in [0.25, 0.3) is 0 Å². The molecule has 110 valence electrons. The molecule has 1 unspecified atom stereocenters. The highest BCUT2D eigenvalue weighted by Gasteiger charge is 2.36. The zero-order valence-electron chi connectivity index (χ0n) is 11.1. The zero-order chi connectivity index (χ0) is 15.6. The molecule has 2 aromatic rings. The standard InChI is InChI=1S/C16H12F4O/c1-10(21)14(11-6-3-2-4-7-11)12-8-5-9-13(15(12)17)16(18,19)20/h2-9,14H,1H3. The van der Waals surface area contributed by atoms with Gasteiger partial charge in [-0.25, -0.2) is 4.39 Å². The average molecular weight is 296 g/mol. The van der Waals surface area contributed by atoms with Crippen molar-refractivity contribution < 1.29 is 22.4 Å². The lowest BCUT2D eigenvalue weighted by Crippen LogP contribution is -2.16. The Bertz CT molecular complexity index is 647. The second kappa shape index (κ2) is 5.68. The SMILES string of the molecule is CC(=O)C(c1ccccc1)c1cccc(C(F)(F)F)c1F. The maximum atomic E-state index is 14.2. The van der Waals surface area contributed by atoms with E-state index in [4.69, 9.17) is 0 Å². The number of carbonyl (C=O) groups excluding carboxylic acids is 1. The van der Waals surface area contributed by atoms with Gasteiger partial charge < -0.3 is 0 Å². The first-order chi connectivity index (χ1) is 9.82. The summed E-state index contributed by atoms with van der Waals surface area (Å²) < 4.78 is 52.5. The first-order valence-corrected chi connectivity index (χ1v) is 6.23. The third kappa shape index (κ3) is 3.12. The quantitative estimate of drug-likeness (QED) is 0.759. The van der Waals surface area contributed by atoms with Crippen molar-refractivity contribution in [1.82, 2.24) is 0 Å². The Labute approximate surface area is 119 Å². The topological polar surface area (TPSA) is 17.1 Å². The molecule has 0 aliphatic carbocycles. The van der Waals surface area contributed by atoms with Crippen LogP contribution >= 0.6 is 0 Å². The molecule has 2 aromatic carbocycles. The molecule has 0 fully saturated rings. The number of alkyl halides is 3. The molecule has 1 nitrogen and oxygen atoms in total.